The molecule has 2 amide bonds. The zero-order chi connectivity index (χ0) is 15.2. The van der Waals surface area contributed by atoms with E-state index in [-0.39, 0.29) is 11.6 Å². The first-order valence-corrected chi connectivity index (χ1v) is 6.77. The van der Waals surface area contributed by atoms with Crippen LogP contribution in [0.15, 0.2) is 24.3 Å². The van der Waals surface area contributed by atoms with Crippen molar-refractivity contribution in [2.45, 2.75) is 38.8 Å². The number of hydrogen-bond donors (Lipinski definition) is 3. The highest BCUT2D eigenvalue weighted by Gasteiger charge is 2.19. The summed E-state index contributed by atoms with van der Waals surface area (Å²) in [4.78, 5) is 11.2. The van der Waals surface area contributed by atoms with Crippen LogP contribution in [0.4, 0.5) is 16.2 Å². The van der Waals surface area contributed by atoms with Gasteiger partial charge in [0.1, 0.15) is 0 Å². The van der Waals surface area contributed by atoms with Gasteiger partial charge >= 0.3 is 6.03 Å². The number of methoxy groups -OCH3 is 1. The van der Waals surface area contributed by atoms with Crippen LogP contribution in [-0.2, 0) is 4.74 Å². The van der Waals surface area contributed by atoms with Gasteiger partial charge in [0, 0.05) is 31.6 Å². The van der Waals surface area contributed by atoms with Gasteiger partial charge in [-0.2, -0.15) is 0 Å². The molecule has 0 aliphatic carbocycles. The van der Waals surface area contributed by atoms with E-state index < -0.39 is 0 Å². The van der Waals surface area contributed by atoms with Crippen molar-refractivity contribution in [1.29, 1.82) is 0 Å². The van der Waals surface area contributed by atoms with Crippen molar-refractivity contribution < 1.29 is 9.53 Å². The highest BCUT2D eigenvalue weighted by atomic mass is 16.5. The van der Waals surface area contributed by atoms with Gasteiger partial charge in [0.15, 0.2) is 0 Å². The molecule has 112 valence electrons. The second-order valence-corrected chi connectivity index (χ2v) is 5.49. The predicted molar refractivity (Wildman–Crippen MR) is 83.3 cm³/mol. The standard InChI is InChI=1S/C15H25N3O2/c1-11(10-15(2,3)20-5)17-12-6-8-13(9-7-12)18-14(19)16-4/h6-9,11,17H,10H2,1-5H3,(H2,16,18,19). The highest BCUT2D eigenvalue weighted by Crippen LogP contribution is 2.20. The van der Waals surface area contributed by atoms with Gasteiger partial charge in [0.05, 0.1) is 5.60 Å². The third-order valence-electron chi connectivity index (χ3n) is 3.13. The Balaban J connectivity index is 2.55. The number of nitrogens with one attached hydrogen (secondary N) is 3. The van der Waals surface area contributed by atoms with Gasteiger partial charge in [-0.15, -0.1) is 0 Å². The lowest BCUT2D eigenvalue weighted by atomic mass is 10.00. The molecule has 5 nitrogen and oxygen atoms in total. The molecule has 1 aromatic rings. The normalized spacial score (nSPS) is 12.7. The van der Waals surface area contributed by atoms with Crippen molar-refractivity contribution in [2.75, 3.05) is 24.8 Å². The maximum Gasteiger partial charge on any atom is 0.318 e. The summed E-state index contributed by atoms with van der Waals surface area (Å²) in [7, 11) is 3.32. The average molecular weight is 279 g/mol. The average Bonchev–Trinajstić information content (AvgIpc) is 2.40. The van der Waals surface area contributed by atoms with Crippen molar-refractivity contribution in [3.63, 3.8) is 0 Å². The lowest BCUT2D eigenvalue weighted by Gasteiger charge is -2.27. The zero-order valence-electron chi connectivity index (χ0n) is 12.9. The third-order valence-corrected chi connectivity index (χ3v) is 3.13. The van der Waals surface area contributed by atoms with Crippen LogP contribution in [0.1, 0.15) is 27.2 Å². The summed E-state index contributed by atoms with van der Waals surface area (Å²) in [6.45, 7) is 6.26. The predicted octanol–water partition coefficient (Wildman–Crippen LogP) is 3.05. The van der Waals surface area contributed by atoms with Gasteiger partial charge in [-0.1, -0.05) is 0 Å². The topological polar surface area (TPSA) is 62.4 Å². The minimum Gasteiger partial charge on any atom is -0.382 e. The fourth-order valence-corrected chi connectivity index (χ4v) is 2.00. The Hall–Kier alpha value is -1.75. The summed E-state index contributed by atoms with van der Waals surface area (Å²) in [5.41, 5.74) is 1.64. The molecule has 20 heavy (non-hydrogen) atoms. The summed E-state index contributed by atoms with van der Waals surface area (Å²) in [5, 5.41) is 8.65. The van der Waals surface area contributed by atoms with E-state index in [4.69, 9.17) is 4.74 Å². The second kappa shape index (κ2) is 7.14. The lowest BCUT2D eigenvalue weighted by Crippen LogP contribution is -2.31. The molecule has 0 aliphatic heterocycles. The van der Waals surface area contributed by atoms with Crippen molar-refractivity contribution in [2.24, 2.45) is 0 Å². The molecular weight excluding hydrogens is 254 g/mol. The zero-order valence-corrected chi connectivity index (χ0v) is 12.9. The maximum absolute atomic E-state index is 11.2. The van der Waals surface area contributed by atoms with Crippen LogP contribution in [0.2, 0.25) is 0 Å². The first kappa shape index (κ1) is 16.3. The number of ether oxygens (including phenoxy) is 1. The van der Waals surface area contributed by atoms with E-state index in [9.17, 15) is 4.79 Å². The number of urea groups is 1. The molecule has 1 unspecified atom stereocenters. The number of hydrogen-bond acceptors (Lipinski definition) is 3. The monoisotopic (exact) mass is 279 g/mol. The molecule has 1 rings (SSSR count). The number of amides is 2. The number of benzene rings is 1. The highest BCUT2D eigenvalue weighted by molar-refractivity contribution is 5.89. The quantitative estimate of drug-likeness (QED) is 0.750. The molecule has 0 heterocycles. The Labute approximate surface area is 121 Å². The molecule has 0 spiro atoms. The van der Waals surface area contributed by atoms with E-state index in [1.807, 2.05) is 24.3 Å². The molecule has 0 bridgehead atoms. The van der Waals surface area contributed by atoms with Gasteiger partial charge < -0.3 is 20.7 Å². The summed E-state index contributed by atoms with van der Waals surface area (Å²) in [6.07, 6.45) is 0.905. The SMILES string of the molecule is CNC(=O)Nc1ccc(NC(C)CC(C)(C)OC)cc1. The molecule has 0 aliphatic rings. The van der Waals surface area contributed by atoms with E-state index in [0.29, 0.717) is 6.04 Å². The second-order valence-electron chi connectivity index (χ2n) is 5.49. The minimum absolute atomic E-state index is 0.146. The van der Waals surface area contributed by atoms with Crippen molar-refractivity contribution in [3.05, 3.63) is 24.3 Å². The first-order chi connectivity index (χ1) is 9.36. The molecule has 5 heteroatoms. The number of anilines is 2. The Morgan fingerprint density at radius 2 is 1.80 bits per heavy atom. The third kappa shape index (κ3) is 5.48. The van der Waals surface area contributed by atoms with Gasteiger partial charge in [-0.3, -0.25) is 0 Å². The maximum atomic E-state index is 11.2. The Morgan fingerprint density at radius 3 is 2.30 bits per heavy atom. The van der Waals surface area contributed by atoms with Crippen molar-refractivity contribution in [3.8, 4) is 0 Å². The van der Waals surface area contributed by atoms with E-state index in [0.717, 1.165) is 17.8 Å². The van der Waals surface area contributed by atoms with Gasteiger partial charge in [0.2, 0.25) is 0 Å². The van der Waals surface area contributed by atoms with Crippen LogP contribution in [0.3, 0.4) is 0 Å². The smallest absolute Gasteiger partial charge is 0.318 e. The molecule has 1 atom stereocenters. The Bertz CT molecular complexity index is 429. The molecule has 1 aromatic carbocycles. The van der Waals surface area contributed by atoms with Crippen LogP contribution >= 0.6 is 0 Å². The Morgan fingerprint density at radius 1 is 1.25 bits per heavy atom. The molecule has 0 aromatic heterocycles. The van der Waals surface area contributed by atoms with Gasteiger partial charge in [-0.05, 0) is 51.5 Å². The van der Waals surface area contributed by atoms with E-state index in [2.05, 4.69) is 36.7 Å². The number of carbonyl (C=O) groups excluding carboxylic acids is 1. The molecule has 0 saturated carbocycles. The van der Waals surface area contributed by atoms with Crippen LogP contribution in [-0.4, -0.2) is 31.8 Å². The number of carbonyl (C=O) groups is 1. The molecule has 0 fully saturated rings. The van der Waals surface area contributed by atoms with Crippen LogP contribution < -0.4 is 16.0 Å². The minimum atomic E-state index is -0.221. The van der Waals surface area contributed by atoms with Crippen molar-refractivity contribution >= 4 is 17.4 Å². The summed E-state index contributed by atoms with van der Waals surface area (Å²) in [6, 6.07) is 7.70. The summed E-state index contributed by atoms with van der Waals surface area (Å²) < 4.78 is 5.43. The van der Waals surface area contributed by atoms with Gasteiger partial charge in [-0.25, -0.2) is 4.79 Å². The van der Waals surface area contributed by atoms with Crippen LogP contribution in [0.5, 0.6) is 0 Å². The largest absolute Gasteiger partial charge is 0.382 e. The molecular formula is C15H25N3O2. The van der Waals surface area contributed by atoms with Crippen LogP contribution in [0, 0.1) is 0 Å². The van der Waals surface area contributed by atoms with E-state index in [1.165, 1.54) is 0 Å². The molecule has 0 saturated heterocycles. The fraction of sp³-hybridized carbons (Fsp3) is 0.533. The van der Waals surface area contributed by atoms with Crippen LogP contribution in [0.25, 0.3) is 0 Å². The van der Waals surface area contributed by atoms with E-state index >= 15 is 0 Å². The lowest BCUT2D eigenvalue weighted by molar-refractivity contribution is 0.0128. The fourth-order valence-electron chi connectivity index (χ4n) is 2.00. The molecule has 0 radical (unpaired) electrons. The molecule has 3 N–H and O–H groups in total. The van der Waals surface area contributed by atoms with Gasteiger partial charge in [0.25, 0.3) is 0 Å². The number of rotatable bonds is 6. The first-order valence-electron chi connectivity index (χ1n) is 6.77. The summed E-state index contributed by atoms with van der Waals surface area (Å²) >= 11 is 0. The Kier molecular flexibility index (Phi) is 5.82. The van der Waals surface area contributed by atoms with Crippen molar-refractivity contribution in [1.82, 2.24) is 5.32 Å². The summed E-state index contributed by atoms with van der Waals surface area (Å²) in [5.74, 6) is 0. The van der Waals surface area contributed by atoms with E-state index in [1.54, 1.807) is 14.2 Å².